The number of rotatable bonds is 5. The number of aromatic carboxylic acids is 1. The maximum atomic E-state index is 12.9. The maximum Gasteiger partial charge on any atom is 0.337 e. The van der Waals surface area contributed by atoms with E-state index >= 15 is 0 Å². The molecule has 1 aromatic carbocycles. The van der Waals surface area contributed by atoms with E-state index in [-0.39, 0.29) is 17.5 Å². The fourth-order valence-corrected chi connectivity index (χ4v) is 3.45. The van der Waals surface area contributed by atoms with Crippen LogP contribution < -0.4 is 5.56 Å². The Hall–Kier alpha value is -2.55. The number of fused-ring (bicyclic) bond motifs is 1. The van der Waals surface area contributed by atoms with Crippen LogP contribution in [0.3, 0.4) is 0 Å². The number of hydrogen-bond donors (Lipinski definition) is 3. The number of hydrogen-bond acceptors (Lipinski definition) is 6. The average Bonchev–Trinajstić information content (AvgIpc) is 3.02. The van der Waals surface area contributed by atoms with Gasteiger partial charge < -0.3 is 15.3 Å². The summed E-state index contributed by atoms with van der Waals surface area (Å²) < 4.78 is 1.22. The van der Waals surface area contributed by atoms with Gasteiger partial charge in [0.15, 0.2) is 0 Å². The molecule has 3 rings (SSSR count). The summed E-state index contributed by atoms with van der Waals surface area (Å²) >= 11 is 1.08. The van der Waals surface area contributed by atoms with Gasteiger partial charge in [0.05, 0.1) is 30.2 Å². The molecular weight excluding hydrogens is 344 g/mol. The molecule has 0 bridgehead atoms. The molecule has 0 amide bonds. The van der Waals surface area contributed by atoms with Crippen molar-refractivity contribution in [1.82, 2.24) is 9.55 Å². The number of carbonyl (C=O) groups is 1. The standard InChI is InChI=1S/C17H16N2O5S/c1-9-2-4-10(5-3-9)14-18-15-13(12(8-25-15)17(23)24)16(22)19(14)6-11(21)7-20/h2-5,8,11,20-21H,6-7H2,1H3,(H,23,24). The number of nitrogens with zero attached hydrogens (tertiary/aromatic N) is 2. The summed E-state index contributed by atoms with van der Waals surface area (Å²) in [6, 6.07) is 7.35. The normalized spacial score (nSPS) is 12.4. The van der Waals surface area contributed by atoms with Gasteiger partial charge in [-0.15, -0.1) is 11.3 Å². The zero-order chi connectivity index (χ0) is 18.1. The SMILES string of the molecule is Cc1ccc(-c2nc3scc(C(=O)O)c3c(=O)n2CC(O)CO)cc1. The van der Waals surface area contributed by atoms with Crippen LogP contribution in [0.15, 0.2) is 34.4 Å². The fourth-order valence-electron chi connectivity index (χ4n) is 2.54. The Morgan fingerprint density at radius 2 is 2.00 bits per heavy atom. The van der Waals surface area contributed by atoms with Gasteiger partial charge in [-0.3, -0.25) is 9.36 Å². The van der Waals surface area contributed by atoms with Crippen LogP contribution in [0.1, 0.15) is 15.9 Å². The lowest BCUT2D eigenvalue weighted by atomic mass is 10.1. The van der Waals surface area contributed by atoms with E-state index in [0.29, 0.717) is 16.2 Å². The van der Waals surface area contributed by atoms with Crippen molar-refractivity contribution in [2.75, 3.05) is 6.61 Å². The van der Waals surface area contributed by atoms with Crippen molar-refractivity contribution in [3.8, 4) is 11.4 Å². The number of carboxylic acids is 1. The number of aliphatic hydroxyl groups excluding tert-OH is 2. The van der Waals surface area contributed by atoms with Gasteiger partial charge in [-0.05, 0) is 6.92 Å². The van der Waals surface area contributed by atoms with E-state index in [1.165, 1.54) is 9.95 Å². The first kappa shape index (κ1) is 17.3. The van der Waals surface area contributed by atoms with E-state index in [0.717, 1.165) is 16.9 Å². The smallest absolute Gasteiger partial charge is 0.337 e. The molecule has 0 aliphatic carbocycles. The molecule has 2 aromatic heterocycles. The summed E-state index contributed by atoms with van der Waals surface area (Å²) in [5.41, 5.74) is 1.05. The van der Waals surface area contributed by atoms with Gasteiger partial charge in [-0.25, -0.2) is 9.78 Å². The third kappa shape index (κ3) is 3.19. The molecule has 0 aliphatic rings. The Labute approximate surface area is 146 Å². The Balaban J connectivity index is 2.31. The number of aryl methyl sites for hydroxylation is 1. The monoisotopic (exact) mass is 360 g/mol. The summed E-state index contributed by atoms with van der Waals surface area (Å²) in [4.78, 5) is 29.0. The van der Waals surface area contributed by atoms with Gasteiger partial charge in [0, 0.05) is 10.9 Å². The van der Waals surface area contributed by atoms with Crippen molar-refractivity contribution in [2.45, 2.75) is 19.6 Å². The molecule has 3 N–H and O–H groups in total. The summed E-state index contributed by atoms with van der Waals surface area (Å²) in [6.45, 7) is 1.23. The van der Waals surface area contributed by atoms with Crippen molar-refractivity contribution >= 4 is 27.5 Å². The first-order valence-corrected chi connectivity index (χ1v) is 8.41. The van der Waals surface area contributed by atoms with Gasteiger partial charge >= 0.3 is 5.97 Å². The molecule has 8 heteroatoms. The van der Waals surface area contributed by atoms with Crippen LogP contribution >= 0.6 is 11.3 Å². The first-order valence-electron chi connectivity index (χ1n) is 7.53. The predicted molar refractivity (Wildman–Crippen MR) is 94.1 cm³/mol. The second kappa shape index (κ2) is 6.75. The van der Waals surface area contributed by atoms with Crippen LogP contribution in [-0.4, -0.2) is 43.6 Å². The molecule has 0 saturated heterocycles. The summed E-state index contributed by atoms with van der Waals surface area (Å²) in [7, 11) is 0. The molecule has 0 aliphatic heterocycles. The number of thiophene rings is 1. The van der Waals surface area contributed by atoms with E-state index in [4.69, 9.17) is 5.11 Å². The molecule has 0 spiro atoms. The number of carboxylic acid groups (broad SMARTS) is 1. The van der Waals surface area contributed by atoms with E-state index in [2.05, 4.69) is 4.98 Å². The topological polar surface area (TPSA) is 113 Å². The molecule has 2 heterocycles. The molecule has 7 nitrogen and oxygen atoms in total. The van der Waals surface area contributed by atoms with Gasteiger partial charge in [0.2, 0.25) is 0 Å². The van der Waals surface area contributed by atoms with Crippen LogP contribution in [0.25, 0.3) is 21.6 Å². The highest BCUT2D eigenvalue weighted by Crippen LogP contribution is 2.25. The lowest BCUT2D eigenvalue weighted by Crippen LogP contribution is -2.31. The zero-order valence-electron chi connectivity index (χ0n) is 13.3. The van der Waals surface area contributed by atoms with Crippen molar-refractivity contribution in [2.24, 2.45) is 0 Å². The molecule has 0 saturated carbocycles. The molecule has 130 valence electrons. The molecule has 0 radical (unpaired) electrons. The largest absolute Gasteiger partial charge is 0.478 e. The average molecular weight is 360 g/mol. The second-order valence-electron chi connectivity index (χ2n) is 5.69. The highest BCUT2D eigenvalue weighted by molar-refractivity contribution is 7.17. The van der Waals surface area contributed by atoms with E-state index in [1.807, 2.05) is 19.1 Å². The Morgan fingerprint density at radius 3 is 2.60 bits per heavy atom. The lowest BCUT2D eigenvalue weighted by Gasteiger charge is -2.15. The van der Waals surface area contributed by atoms with Crippen LogP contribution in [0.4, 0.5) is 0 Å². The fraction of sp³-hybridized carbons (Fsp3) is 0.235. The summed E-state index contributed by atoms with van der Waals surface area (Å²) in [6.07, 6.45) is -1.16. The quantitative estimate of drug-likeness (QED) is 0.635. The van der Waals surface area contributed by atoms with Crippen molar-refractivity contribution < 1.29 is 20.1 Å². The Bertz CT molecular complexity index is 991. The molecule has 3 aromatic rings. The Morgan fingerprint density at radius 1 is 1.32 bits per heavy atom. The van der Waals surface area contributed by atoms with E-state index < -0.39 is 24.2 Å². The van der Waals surface area contributed by atoms with Crippen molar-refractivity contribution in [1.29, 1.82) is 0 Å². The lowest BCUT2D eigenvalue weighted by molar-refractivity contribution is 0.0699. The number of aromatic nitrogens is 2. The van der Waals surface area contributed by atoms with Crippen LogP contribution in [-0.2, 0) is 6.54 Å². The van der Waals surface area contributed by atoms with Crippen LogP contribution in [0.5, 0.6) is 0 Å². The summed E-state index contributed by atoms with van der Waals surface area (Å²) in [5.74, 6) is -0.883. The van der Waals surface area contributed by atoms with E-state index in [1.54, 1.807) is 12.1 Å². The highest BCUT2D eigenvalue weighted by atomic mass is 32.1. The minimum Gasteiger partial charge on any atom is -0.478 e. The Kier molecular flexibility index (Phi) is 4.67. The molecule has 1 unspecified atom stereocenters. The van der Waals surface area contributed by atoms with Crippen molar-refractivity contribution in [3.63, 3.8) is 0 Å². The van der Waals surface area contributed by atoms with Crippen LogP contribution in [0, 0.1) is 6.92 Å². The zero-order valence-corrected chi connectivity index (χ0v) is 14.2. The molecule has 1 atom stereocenters. The minimum atomic E-state index is -1.21. The number of benzene rings is 1. The molecular formula is C17H16N2O5S. The number of aliphatic hydroxyl groups is 2. The molecule has 25 heavy (non-hydrogen) atoms. The second-order valence-corrected chi connectivity index (χ2v) is 6.55. The van der Waals surface area contributed by atoms with Gasteiger partial charge in [-0.1, -0.05) is 29.8 Å². The summed E-state index contributed by atoms with van der Waals surface area (Å²) in [5, 5.41) is 29.6. The molecule has 0 fully saturated rings. The maximum absolute atomic E-state index is 12.9. The van der Waals surface area contributed by atoms with E-state index in [9.17, 15) is 19.8 Å². The minimum absolute atomic E-state index is 0.0125. The van der Waals surface area contributed by atoms with Gasteiger partial charge in [-0.2, -0.15) is 0 Å². The predicted octanol–water partition coefficient (Wildman–Crippen LogP) is 1.48. The highest BCUT2D eigenvalue weighted by Gasteiger charge is 2.21. The third-order valence-electron chi connectivity index (χ3n) is 3.84. The van der Waals surface area contributed by atoms with Gasteiger partial charge in [0.1, 0.15) is 10.7 Å². The van der Waals surface area contributed by atoms with Crippen molar-refractivity contribution in [3.05, 3.63) is 51.1 Å². The van der Waals surface area contributed by atoms with Gasteiger partial charge in [0.25, 0.3) is 5.56 Å². The third-order valence-corrected chi connectivity index (χ3v) is 4.71. The van der Waals surface area contributed by atoms with Crippen LogP contribution in [0.2, 0.25) is 0 Å². The first-order chi connectivity index (χ1) is 11.9.